The molecule has 0 aliphatic heterocycles. The van der Waals surface area contributed by atoms with Crippen molar-refractivity contribution in [2.24, 2.45) is 10.9 Å². The normalized spacial score (nSPS) is 12.5. The second-order valence-corrected chi connectivity index (χ2v) is 4.61. The van der Waals surface area contributed by atoms with E-state index >= 15 is 0 Å². The highest BCUT2D eigenvalue weighted by Crippen LogP contribution is 2.16. The van der Waals surface area contributed by atoms with Crippen LogP contribution >= 0.6 is 0 Å². The van der Waals surface area contributed by atoms with Crippen molar-refractivity contribution in [3.63, 3.8) is 0 Å². The van der Waals surface area contributed by atoms with Gasteiger partial charge in [-0.25, -0.2) is 9.11 Å². The molecule has 0 unspecified atom stereocenters. The van der Waals surface area contributed by atoms with Crippen molar-refractivity contribution in [2.45, 2.75) is 0 Å². The van der Waals surface area contributed by atoms with E-state index in [0.717, 1.165) is 12.1 Å². The van der Waals surface area contributed by atoms with E-state index in [4.69, 9.17) is 10.9 Å². The van der Waals surface area contributed by atoms with Crippen LogP contribution in [-0.2, 0) is 10.2 Å². The summed E-state index contributed by atoms with van der Waals surface area (Å²) in [6, 6.07) is 3.42. The average molecular weight is 262 g/mol. The molecule has 9 heteroatoms. The summed E-state index contributed by atoms with van der Waals surface area (Å²) >= 11 is 0. The van der Waals surface area contributed by atoms with Crippen molar-refractivity contribution in [3.8, 4) is 0 Å². The molecule has 0 spiro atoms. The fourth-order valence-electron chi connectivity index (χ4n) is 1.01. The molecule has 0 aliphatic rings. The Morgan fingerprint density at radius 1 is 1.53 bits per heavy atom. The van der Waals surface area contributed by atoms with E-state index in [2.05, 4.69) is 5.16 Å². The number of amidine groups is 1. The number of oxime groups is 1. The van der Waals surface area contributed by atoms with Gasteiger partial charge in [0, 0.05) is 12.6 Å². The van der Waals surface area contributed by atoms with Crippen LogP contribution in [0.3, 0.4) is 0 Å². The third-order valence-corrected chi connectivity index (χ3v) is 2.91. The SMILES string of the molecule is CNS(=O)(=O)Nc1ccc(/C(N)=N/O)cc1F. The van der Waals surface area contributed by atoms with Crippen LogP contribution in [0.2, 0.25) is 0 Å². The van der Waals surface area contributed by atoms with Gasteiger partial charge < -0.3 is 10.9 Å². The Labute approximate surface area is 97.3 Å². The monoisotopic (exact) mass is 262 g/mol. The molecular weight excluding hydrogens is 251 g/mol. The Morgan fingerprint density at radius 2 is 2.18 bits per heavy atom. The maximum absolute atomic E-state index is 13.5. The molecule has 7 nitrogen and oxygen atoms in total. The van der Waals surface area contributed by atoms with Crippen molar-refractivity contribution < 1.29 is 18.0 Å². The zero-order chi connectivity index (χ0) is 13.1. The Kier molecular flexibility index (Phi) is 3.86. The summed E-state index contributed by atoms with van der Waals surface area (Å²) < 4.78 is 39.6. The van der Waals surface area contributed by atoms with Gasteiger partial charge in [-0.1, -0.05) is 5.16 Å². The number of anilines is 1. The standard InChI is InChI=1S/C8H11FN4O3S/c1-11-17(15,16)13-7-3-2-5(4-6(7)9)8(10)12-14/h2-4,11,13-14H,1H3,(H2,10,12). The molecular formula is C8H11FN4O3S. The zero-order valence-corrected chi connectivity index (χ0v) is 9.62. The Bertz CT molecular complexity index is 544. The maximum Gasteiger partial charge on any atom is 0.298 e. The number of rotatable bonds is 4. The van der Waals surface area contributed by atoms with Gasteiger partial charge in [-0.2, -0.15) is 8.42 Å². The van der Waals surface area contributed by atoms with E-state index in [1.54, 1.807) is 0 Å². The van der Waals surface area contributed by atoms with Gasteiger partial charge in [-0.15, -0.1) is 0 Å². The van der Waals surface area contributed by atoms with Gasteiger partial charge in [-0.05, 0) is 18.2 Å². The molecule has 0 amide bonds. The minimum Gasteiger partial charge on any atom is -0.409 e. The highest BCUT2D eigenvalue weighted by atomic mass is 32.2. The van der Waals surface area contributed by atoms with Crippen molar-refractivity contribution in [1.82, 2.24) is 4.72 Å². The van der Waals surface area contributed by atoms with Crippen LogP contribution in [0, 0.1) is 5.82 Å². The van der Waals surface area contributed by atoms with Gasteiger partial charge in [0.2, 0.25) is 0 Å². The molecule has 1 rings (SSSR count). The first-order valence-corrected chi connectivity index (χ1v) is 5.86. The molecule has 1 aromatic carbocycles. The summed E-state index contributed by atoms with van der Waals surface area (Å²) in [7, 11) is -2.60. The number of nitrogens with one attached hydrogen (secondary N) is 2. The lowest BCUT2D eigenvalue weighted by atomic mass is 10.2. The van der Waals surface area contributed by atoms with Crippen LogP contribution in [0.5, 0.6) is 0 Å². The second-order valence-electron chi connectivity index (χ2n) is 2.99. The highest BCUT2D eigenvalue weighted by molar-refractivity contribution is 7.90. The summed E-state index contributed by atoms with van der Waals surface area (Å²) in [6.07, 6.45) is 0. The molecule has 0 atom stereocenters. The second kappa shape index (κ2) is 4.97. The van der Waals surface area contributed by atoms with Gasteiger partial charge in [-0.3, -0.25) is 4.72 Å². The van der Waals surface area contributed by atoms with E-state index in [-0.39, 0.29) is 17.1 Å². The number of hydrogen-bond donors (Lipinski definition) is 4. The summed E-state index contributed by atoms with van der Waals surface area (Å²) in [5, 5.41) is 11.1. The third-order valence-electron chi connectivity index (χ3n) is 1.89. The van der Waals surface area contributed by atoms with E-state index in [9.17, 15) is 12.8 Å². The van der Waals surface area contributed by atoms with E-state index in [1.165, 1.54) is 13.1 Å². The Hall–Kier alpha value is -1.87. The summed E-state index contributed by atoms with van der Waals surface area (Å²) in [4.78, 5) is 0. The van der Waals surface area contributed by atoms with Gasteiger partial charge in [0.1, 0.15) is 5.82 Å². The van der Waals surface area contributed by atoms with E-state index in [0.29, 0.717) is 0 Å². The molecule has 5 N–H and O–H groups in total. The molecule has 94 valence electrons. The number of benzene rings is 1. The van der Waals surface area contributed by atoms with Gasteiger partial charge >= 0.3 is 0 Å². The molecule has 0 aromatic heterocycles. The van der Waals surface area contributed by atoms with Crippen LogP contribution in [0.4, 0.5) is 10.1 Å². The van der Waals surface area contributed by atoms with Gasteiger partial charge in [0.25, 0.3) is 10.2 Å². The molecule has 0 fully saturated rings. The zero-order valence-electron chi connectivity index (χ0n) is 8.81. The van der Waals surface area contributed by atoms with Gasteiger partial charge in [0.15, 0.2) is 5.84 Å². The fraction of sp³-hybridized carbons (Fsp3) is 0.125. The quantitative estimate of drug-likeness (QED) is 0.260. The molecule has 0 aliphatic carbocycles. The Morgan fingerprint density at radius 3 is 2.65 bits per heavy atom. The topological polar surface area (TPSA) is 117 Å². The number of nitrogens with zero attached hydrogens (tertiary/aromatic N) is 1. The first kappa shape index (κ1) is 13.2. The predicted molar refractivity (Wildman–Crippen MR) is 60.5 cm³/mol. The van der Waals surface area contributed by atoms with Crippen molar-refractivity contribution in [3.05, 3.63) is 29.6 Å². The number of nitrogens with two attached hydrogens (primary N) is 1. The molecule has 0 radical (unpaired) electrons. The molecule has 17 heavy (non-hydrogen) atoms. The largest absolute Gasteiger partial charge is 0.409 e. The number of hydrogen-bond acceptors (Lipinski definition) is 4. The molecule has 1 aromatic rings. The van der Waals surface area contributed by atoms with Crippen LogP contribution in [0.1, 0.15) is 5.56 Å². The van der Waals surface area contributed by atoms with Crippen molar-refractivity contribution >= 4 is 21.7 Å². The van der Waals surface area contributed by atoms with Crippen LogP contribution < -0.4 is 15.2 Å². The minimum absolute atomic E-state index is 0.136. The minimum atomic E-state index is -3.78. The summed E-state index contributed by atoms with van der Waals surface area (Å²) in [5.74, 6) is -1.11. The lowest BCUT2D eigenvalue weighted by Crippen LogP contribution is -2.27. The average Bonchev–Trinajstić information content (AvgIpc) is 2.30. The first-order valence-electron chi connectivity index (χ1n) is 4.38. The summed E-state index contributed by atoms with van der Waals surface area (Å²) in [5.41, 5.74) is 5.14. The molecule has 0 bridgehead atoms. The number of halogens is 1. The first-order chi connectivity index (χ1) is 7.89. The summed E-state index contributed by atoms with van der Waals surface area (Å²) in [6.45, 7) is 0. The van der Waals surface area contributed by atoms with E-state index < -0.39 is 16.0 Å². The highest BCUT2D eigenvalue weighted by Gasteiger charge is 2.11. The van der Waals surface area contributed by atoms with Crippen molar-refractivity contribution in [1.29, 1.82) is 0 Å². The molecule has 0 heterocycles. The van der Waals surface area contributed by atoms with Gasteiger partial charge in [0.05, 0.1) is 5.69 Å². The Balaban J connectivity index is 3.07. The lowest BCUT2D eigenvalue weighted by Gasteiger charge is -2.08. The lowest BCUT2D eigenvalue weighted by molar-refractivity contribution is 0.318. The molecule has 0 saturated carbocycles. The smallest absolute Gasteiger partial charge is 0.298 e. The van der Waals surface area contributed by atoms with Crippen LogP contribution in [-0.4, -0.2) is 26.5 Å². The van der Waals surface area contributed by atoms with E-state index in [1.807, 2.05) is 9.44 Å². The van der Waals surface area contributed by atoms with Crippen LogP contribution in [0.25, 0.3) is 0 Å². The molecule has 0 saturated heterocycles. The fourth-order valence-corrected chi connectivity index (χ4v) is 1.57. The predicted octanol–water partition coefficient (Wildman–Crippen LogP) is -0.204. The third kappa shape index (κ3) is 3.29. The maximum atomic E-state index is 13.5. The van der Waals surface area contributed by atoms with Crippen molar-refractivity contribution in [2.75, 3.05) is 11.8 Å². The van der Waals surface area contributed by atoms with Crippen LogP contribution in [0.15, 0.2) is 23.4 Å².